The van der Waals surface area contributed by atoms with Crippen molar-refractivity contribution in [3.8, 4) is 0 Å². The monoisotopic (exact) mass is 281 g/mol. The summed E-state index contributed by atoms with van der Waals surface area (Å²) in [6.07, 6.45) is 4.62. The Morgan fingerprint density at radius 3 is 2.70 bits per heavy atom. The van der Waals surface area contributed by atoms with Crippen molar-refractivity contribution in [2.24, 2.45) is 23.5 Å². The zero-order valence-electron chi connectivity index (χ0n) is 12.2. The van der Waals surface area contributed by atoms with Crippen LogP contribution in [0.3, 0.4) is 0 Å². The normalized spacial score (nSPS) is 37.2. The summed E-state index contributed by atoms with van der Waals surface area (Å²) < 4.78 is 5.33. The molecule has 1 heterocycles. The fraction of sp³-hybridized carbons (Fsp3) is 0.933. The third-order valence-corrected chi connectivity index (χ3v) is 5.34. The van der Waals surface area contributed by atoms with Crippen LogP contribution in [0.2, 0.25) is 0 Å². The summed E-state index contributed by atoms with van der Waals surface area (Å²) in [5.74, 6) is 1.43. The van der Waals surface area contributed by atoms with Gasteiger partial charge in [0.05, 0.1) is 19.1 Å². The van der Waals surface area contributed by atoms with Gasteiger partial charge in [-0.15, -0.1) is 0 Å². The van der Waals surface area contributed by atoms with Crippen LogP contribution >= 0.6 is 0 Å². The van der Waals surface area contributed by atoms with Gasteiger partial charge in [-0.2, -0.15) is 0 Å². The molecule has 0 aromatic carbocycles. The minimum atomic E-state index is 0.0807. The molecule has 0 spiro atoms. The van der Waals surface area contributed by atoms with E-state index in [9.17, 15) is 4.79 Å². The summed E-state index contributed by atoms with van der Waals surface area (Å²) in [5, 5.41) is 3.10. The lowest BCUT2D eigenvalue weighted by molar-refractivity contribution is -0.127. The Morgan fingerprint density at radius 1 is 1.25 bits per heavy atom. The number of morpholine rings is 1. The number of hydrogen-bond donors (Lipinski definition) is 2. The van der Waals surface area contributed by atoms with Crippen LogP contribution in [0.1, 0.15) is 25.7 Å². The minimum Gasteiger partial charge on any atom is -0.379 e. The third-order valence-electron chi connectivity index (χ3n) is 5.34. The van der Waals surface area contributed by atoms with E-state index in [1.165, 1.54) is 19.3 Å². The highest BCUT2D eigenvalue weighted by Crippen LogP contribution is 2.47. The largest absolute Gasteiger partial charge is 0.379 e. The van der Waals surface area contributed by atoms with Gasteiger partial charge in [0.25, 0.3) is 0 Å². The molecular weight excluding hydrogens is 254 g/mol. The quantitative estimate of drug-likeness (QED) is 0.706. The molecule has 2 saturated carbocycles. The van der Waals surface area contributed by atoms with Crippen molar-refractivity contribution >= 4 is 5.91 Å². The van der Waals surface area contributed by atoms with E-state index in [1.807, 2.05) is 0 Å². The summed E-state index contributed by atoms with van der Waals surface area (Å²) >= 11 is 0. The Balaban J connectivity index is 1.35. The van der Waals surface area contributed by atoms with Crippen LogP contribution in [0.25, 0.3) is 0 Å². The van der Waals surface area contributed by atoms with Gasteiger partial charge < -0.3 is 15.8 Å². The van der Waals surface area contributed by atoms with Crippen LogP contribution in [0, 0.1) is 17.8 Å². The lowest BCUT2D eigenvalue weighted by Crippen LogP contribution is -2.46. The molecule has 4 unspecified atom stereocenters. The van der Waals surface area contributed by atoms with E-state index in [2.05, 4.69) is 10.2 Å². The van der Waals surface area contributed by atoms with Gasteiger partial charge in [-0.25, -0.2) is 0 Å². The second kappa shape index (κ2) is 6.41. The van der Waals surface area contributed by atoms with Crippen molar-refractivity contribution in [1.29, 1.82) is 0 Å². The van der Waals surface area contributed by atoms with Crippen molar-refractivity contribution in [2.75, 3.05) is 39.4 Å². The topological polar surface area (TPSA) is 67.6 Å². The van der Waals surface area contributed by atoms with Crippen molar-refractivity contribution in [2.45, 2.75) is 31.7 Å². The second-order valence-electron chi connectivity index (χ2n) is 6.53. The average molecular weight is 281 g/mol. The number of ether oxygens (including phenoxy) is 1. The minimum absolute atomic E-state index is 0.0807. The molecule has 0 aromatic heterocycles. The molecule has 3 rings (SSSR count). The molecule has 0 radical (unpaired) electrons. The molecule has 3 N–H and O–H groups in total. The number of amides is 1. The van der Waals surface area contributed by atoms with E-state index >= 15 is 0 Å². The van der Waals surface area contributed by atoms with Crippen molar-refractivity contribution in [1.82, 2.24) is 10.2 Å². The lowest BCUT2D eigenvalue weighted by atomic mass is 9.84. The molecule has 4 atom stereocenters. The Morgan fingerprint density at radius 2 is 2.00 bits per heavy atom. The fourth-order valence-electron chi connectivity index (χ4n) is 4.18. The second-order valence-corrected chi connectivity index (χ2v) is 6.53. The molecule has 5 heteroatoms. The van der Waals surface area contributed by atoms with Crippen LogP contribution in [0.15, 0.2) is 0 Å². The SMILES string of the molecule is NC1C2CCC(C2)C1C(=O)NCCCN1CCOCC1. The molecule has 5 nitrogen and oxygen atoms in total. The van der Waals surface area contributed by atoms with Crippen LogP contribution < -0.4 is 11.1 Å². The molecule has 20 heavy (non-hydrogen) atoms. The van der Waals surface area contributed by atoms with Gasteiger partial charge >= 0.3 is 0 Å². The molecular formula is C15H27N3O2. The maximum Gasteiger partial charge on any atom is 0.224 e. The van der Waals surface area contributed by atoms with Gasteiger partial charge in [-0.1, -0.05) is 0 Å². The van der Waals surface area contributed by atoms with Crippen molar-refractivity contribution < 1.29 is 9.53 Å². The van der Waals surface area contributed by atoms with Crippen molar-refractivity contribution in [3.63, 3.8) is 0 Å². The summed E-state index contributed by atoms with van der Waals surface area (Å²) in [6, 6.07) is 0.105. The van der Waals surface area contributed by atoms with Crippen LogP contribution in [-0.4, -0.2) is 56.2 Å². The summed E-state index contributed by atoms with van der Waals surface area (Å²) in [6.45, 7) is 5.54. The van der Waals surface area contributed by atoms with Crippen LogP contribution in [-0.2, 0) is 9.53 Å². The number of nitrogens with zero attached hydrogens (tertiary/aromatic N) is 1. The number of carbonyl (C=O) groups excluding carboxylic acids is 1. The Bertz CT molecular complexity index is 342. The molecule has 3 aliphatic rings. The smallest absolute Gasteiger partial charge is 0.224 e. The maximum atomic E-state index is 12.3. The summed E-state index contributed by atoms with van der Waals surface area (Å²) in [5.41, 5.74) is 6.20. The van der Waals surface area contributed by atoms with E-state index in [0.29, 0.717) is 11.8 Å². The Kier molecular flexibility index (Phi) is 4.58. The summed E-state index contributed by atoms with van der Waals surface area (Å²) in [4.78, 5) is 14.7. The first-order chi connectivity index (χ1) is 9.75. The molecule has 114 valence electrons. The zero-order chi connectivity index (χ0) is 13.9. The highest BCUT2D eigenvalue weighted by Gasteiger charge is 2.48. The summed E-state index contributed by atoms with van der Waals surface area (Å²) in [7, 11) is 0. The standard InChI is InChI=1S/C15H27N3O2/c16-14-12-3-2-11(10-12)13(14)15(19)17-4-1-5-18-6-8-20-9-7-18/h11-14H,1-10,16H2,(H,17,19). The number of hydrogen-bond acceptors (Lipinski definition) is 4. The Hall–Kier alpha value is -0.650. The highest BCUT2D eigenvalue weighted by atomic mass is 16.5. The van der Waals surface area contributed by atoms with Crippen LogP contribution in [0.5, 0.6) is 0 Å². The van der Waals surface area contributed by atoms with E-state index in [0.717, 1.165) is 45.8 Å². The predicted octanol–water partition coefficient (Wildman–Crippen LogP) is 0.198. The van der Waals surface area contributed by atoms with Crippen molar-refractivity contribution in [3.05, 3.63) is 0 Å². The van der Waals surface area contributed by atoms with Gasteiger partial charge in [0.2, 0.25) is 5.91 Å². The number of nitrogens with one attached hydrogen (secondary N) is 1. The van der Waals surface area contributed by atoms with E-state index < -0.39 is 0 Å². The molecule has 1 amide bonds. The molecule has 1 aliphatic heterocycles. The van der Waals surface area contributed by atoms with Gasteiger partial charge in [-0.05, 0) is 44.1 Å². The third kappa shape index (κ3) is 3.00. The maximum absolute atomic E-state index is 12.3. The predicted molar refractivity (Wildman–Crippen MR) is 77.2 cm³/mol. The number of fused-ring (bicyclic) bond motifs is 2. The van der Waals surface area contributed by atoms with E-state index in [-0.39, 0.29) is 17.9 Å². The fourth-order valence-corrected chi connectivity index (χ4v) is 4.18. The first kappa shape index (κ1) is 14.3. The molecule has 0 aromatic rings. The lowest BCUT2D eigenvalue weighted by Gasteiger charge is -2.28. The van der Waals surface area contributed by atoms with E-state index in [1.54, 1.807) is 0 Å². The van der Waals surface area contributed by atoms with Gasteiger partial charge in [0.1, 0.15) is 0 Å². The zero-order valence-corrected chi connectivity index (χ0v) is 12.2. The number of rotatable bonds is 5. The number of carbonyl (C=O) groups is 1. The highest BCUT2D eigenvalue weighted by molar-refractivity contribution is 5.80. The number of nitrogens with two attached hydrogens (primary N) is 1. The molecule has 1 saturated heterocycles. The Labute approximate surface area is 121 Å². The average Bonchev–Trinajstić information content (AvgIpc) is 3.05. The van der Waals surface area contributed by atoms with Gasteiger partial charge in [0.15, 0.2) is 0 Å². The van der Waals surface area contributed by atoms with Gasteiger partial charge in [0, 0.05) is 25.7 Å². The van der Waals surface area contributed by atoms with Gasteiger partial charge in [-0.3, -0.25) is 9.69 Å². The van der Waals surface area contributed by atoms with E-state index in [4.69, 9.17) is 10.5 Å². The molecule has 2 bridgehead atoms. The van der Waals surface area contributed by atoms with Crippen LogP contribution in [0.4, 0.5) is 0 Å². The molecule has 3 fully saturated rings. The first-order valence-electron chi connectivity index (χ1n) is 8.09. The molecule has 2 aliphatic carbocycles. The first-order valence-corrected chi connectivity index (χ1v) is 8.09.